The molecule has 0 saturated carbocycles. The summed E-state index contributed by atoms with van der Waals surface area (Å²) < 4.78 is 20.8. The van der Waals surface area contributed by atoms with Gasteiger partial charge in [0, 0.05) is 5.56 Å². The molecule has 7 heteroatoms. The Bertz CT molecular complexity index is 892. The number of halogens is 2. The summed E-state index contributed by atoms with van der Waals surface area (Å²) in [6.07, 6.45) is 0. The van der Waals surface area contributed by atoms with Gasteiger partial charge in [-0.1, -0.05) is 12.1 Å². The number of hydrogen-bond acceptors (Lipinski definition) is 4. The number of nitrogens with zero attached hydrogens (tertiary/aromatic N) is 3. The van der Waals surface area contributed by atoms with Crippen LogP contribution in [-0.4, -0.2) is 27.7 Å². The molecular formula is C15H11BrFN3O2. The largest absolute Gasteiger partial charge is 0.464 e. The molecule has 22 heavy (non-hydrogen) atoms. The highest BCUT2D eigenvalue weighted by molar-refractivity contribution is 9.10. The summed E-state index contributed by atoms with van der Waals surface area (Å²) in [6.45, 7) is 1.78. The van der Waals surface area contributed by atoms with E-state index in [1.54, 1.807) is 25.1 Å². The summed E-state index contributed by atoms with van der Waals surface area (Å²) in [6, 6.07) is 7.72. The number of ether oxygens (including phenoxy) is 1. The molecule has 0 atom stereocenters. The van der Waals surface area contributed by atoms with Gasteiger partial charge >= 0.3 is 5.97 Å². The van der Waals surface area contributed by atoms with E-state index < -0.39 is 11.8 Å². The average molecular weight is 364 g/mol. The highest BCUT2D eigenvalue weighted by Crippen LogP contribution is 2.27. The number of carbonyl (C=O) groups excluding carboxylic acids is 1. The van der Waals surface area contributed by atoms with Crippen molar-refractivity contribution in [2.45, 2.75) is 6.92 Å². The van der Waals surface area contributed by atoms with Crippen molar-refractivity contribution < 1.29 is 13.9 Å². The monoisotopic (exact) mass is 363 g/mol. The van der Waals surface area contributed by atoms with E-state index in [0.717, 1.165) is 0 Å². The minimum atomic E-state index is -0.569. The fraction of sp³-hybridized carbons (Fsp3) is 0.133. The molecule has 2 heterocycles. The molecule has 0 bridgehead atoms. The first-order chi connectivity index (χ1) is 10.5. The first kappa shape index (κ1) is 14.6. The summed E-state index contributed by atoms with van der Waals surface area (Å²) in [7, 11) is 1.28. The number of benzene rings is 1. The maximum absolute atomic E-state index is 14.0. The predicted molar refractivity (Wildman–Crippen MR) is 82.2 cm³/mol. The van der Waals surface area contributed by atoms with Gasteiger partial charge < -0.3 is 4.74 Å². The van der Waals surface area contributed by atoms with Crippen LogP contribution in [0.5, 0.6) is 0 Å². The highest BCUT2D eigenvalue weighted by Gasteiger charge is 2.20. The average Bonchev–Trinajstić information content (AvgIpc) is 2.81. The van der Waals surface area contributed by atoms with Gasteiger partial charge in [0.05, 0.1) is 23.0 Å². The van der Waals surface area contributed by atoms with E-state index >= 15 is 0 Å². The van der Waals surface area contributed by atoms with Crippen LogP contribution in [-0.2, 0) is 4.74 Å². The number of fused-ring (bicyclic) bond motifs is 1. The highest BCUT2D eigenvalue weighted by atomic mass is 79.9. The second-order valence-corrected chi connectivity index (χ2v) is 5.43. The number of esters is 1. The number of aryl methyl sites for hydroxylation is 1. The standard InChI is InChI=1S/C15H11BrFN3O2/c1-8-13(16)14-18-11(9-5-3-4-6-10(9)17)7-12(15(21)22-2)20(14)19-8/h3-7H,1-2H3. The number of rotatable bonds is 2. The Labute approximate surface area is 133 Å². The lowest BCUT2D eigenvalue weighted by atomic mass is 10.1. The number of aromatic nitrogens is 3. The first-order valence-corrected chi connectivity index (χ1v) is 7.21. The van der Waals surface area contributed by atoms with Crippen LogP contribution in [0.25, 0.3) is 16.9 Å². The maximum atomic E-state index is 14.0. The van der Waals surface area contributed by atoms with Gasteiger partial charge in [0.1, 0.15) is 5.82 Å². The van der Waals surface area contributed by atoms with Crippen LogP contribution < -0.4 is 0 Å². The van der Waals surface area contributed by atoms with Crippen molar-refractivity contribution in [3.05, 3.63) is 52.0 Å². The molecule has 2 aromatic heterocycles. The Balaban J connectivity index is 2.36. The summed E-state index contributed by atoms with van der Waals surface area (Å²) in [4.78, 5) is 16.4. The van der Waals surface area contributed by atoms with E-state index in [1.165, 1.54) is 23.8 Å². The minimum absolute atomic E-state index is 0.180. The number of methoxy groups -OCH3 is 1. The SMILES string of the molecule is COC(=O)c1cc(-c2ccccc2F)nc2c(Br)c(C)nn12. The molecule has 3 rings (SSSR count). The zero-order valence-corrected chi connectivity index (χ0v) is 13.4. The Morgan fingerprint density at radius 1 is 1.36 bits per heavy atom. The van der Waals surface area contributed by atoms with Crippen molar-refractivity contribution >= 4 is 27.5 Å². The van der Waals surface area contributed by atoms with Crippen LogP contribution >= 0.6 is 15.9 Å². The van der Waals surface area contributed by atoms with Crippen LogP contribution in [0.3, 0.4) is 0 Å². The van der Waals surface area contributed by atoms with E-state index in [9.17, 15) is 9.18 Å². The fourth-order valence-electron chi connectivity index (χ4n) is 2.15. The van der Waals surface area contributed by atoms with Crippen molar-refractivity contribution in [3.63, 3.8) is 0 Å². The van der Waals surface area contributed by atoms with Crippen LogP contribution in [0.4, 0.5) is 4.39 Å². The molecule has 0 amide bonds. The Hall–Kier alpha value is -2.28. The van der Waals surface area contributed by atoms with Gasteiger partial charge in [-0.05, 0) is 41.1 Å². The van der Waals surface area contributed by atoms with Crippen LogP contribution in [0.2, 0.25) is 0 Å². The molecule has 5 nitrogen and oxygen atoms in total. The zero-order valence-electron chi connectivity index (χ0n) is 11.8. The number of hydrogen-bond donors (Lipinski definition) is 0. The molecule has 0 aliphatic carbocycles. The summed E-state index contributed by atoms with van der Waals surface area (Å²) in [5, 5.41) is 4.25. The molecule has 1 aromatic carbocycles. The smallest absolute Gasteiger partial charge is 0.356 e. The fourth-order valence-corrected chi connectivity index (χ4v) is 2.49. The second kappa shape index (κ2) is 5.49. The molecule has 0 radical (unpaired) electrons. The van der Waals surface area contributed by atoms with E-state index in [-0.39, 0.29) is 5.69 Å². The van der Waals surface area contributed by atoms with Crippen molar-refractivity contribution in [2.75, 3.05) is 7.11 Å². The quantitative estimate of drug-likeness (QED) is 0.654. The molecule has 0 saturated heterocycles. The maximum Gasteiger partial charge on any atom is 0.356 e. The molecule has 0 unspecified atom stereocenters. The van der Waals surface area contributed by atoms with Crippen molar-refractivity contribution in [2.24, 2.45) is 0 Å². The van der Waals surface area contributed by atoms with Gasteiger partial charge in [0.2, 0.25) is 0 Å². The minimum Gasteiger partial charge on any atom is -0.464 e. The van der Waals surface area contributed by atoms with Gasteiger partial charge in [0.25, 0.3) is 0 Å². The van der Waals surface area contributed by atoms with Crippen LogP contribution in [0.1, 0.15) is 16.2 Å². The topological polar surface area (TPSA) is 56.5 Å². The zero-order chi connectivity index (χ0) is 15.9. The van der Waals surface area contributed by atoms with Crippen LogP contribution in [0, 0.1) is 12.7 Å². The molecule has 0 fully saturated rings. The van der Waals surface area contributed by atoms with E-state index in [0.29, 0.717) is 27.1 Å². The third-order valence-corrected chi connectivity index (χ3v) is 4.17. The van der Waals surface area contributed by atoms with Gasteiger partial charge in [-0.2, -0.15) is 5.10 Å². The van der Waals surface area contributed by atoms with E-state index in [1.807, 2.05) is 0 Å². The number of carbonyl (C=O) groups is 1. The van der Waals surface area contributed by atoms with Gasteiger partial charge in [0.15, 0.2) is 11.3 Å². The van der Waals surface area contributed by atoms with Crippen molar-refractivity contribution in [1.82, 2.24) is 14.6 Å². The molecule has 3 aromatic rings. The molecule has 0 spiro atoms. The second-order valence-electron chi connectivity index (χ2n) is 4.63. The Kier molecular flexibility index (Phi) is 3.66. The molecular weight excluding hydrogens is 353 g/mol. The van der Waals surface area contributed by atoms with Crippen LogP contribution in [0.15, 0.2) is 34.8 Å². The lowest BCUT2D eigenvalue weighted by Gasteiger charge is -2.07. The third kappa shape index (κ3) is 2.27. The Morgan fingerprint density at radius 2 is 2.09 bits per heavy atom. The lowest BCUT2D eigenvalue weighted by Crippen LogP contribution is -2.11. The summed E-state index contributed by atoms with van der Waals surface area (Å²) >= 11 is 3.39. The lowest BCUT2D eigenvalue weighted by molar-refractivity contribution is 0.0590. The van der Waals surface area contributed by atoms with Crippen molar-refractivity contribution in [3.8, 4) is 11.3 Å². The normalized spacial score (nSPS) is 10.9. The summed E-state index contributed by atoms with van der Waals surface area (Å²) in [5.41, 5.74) is 1.93. The van der Waals surface area contributed by atoms with E-state index in [2.05, 4.69) is 26.0 Å². The van der Waals surface area contributed by atoms with Crippen molar-refractivity contribution in [1.29, 1.82) is 0 Å². The molecule has 0 aliphatic heterocycles. The summed E-state index contributed by atoms with van der Waals surface area (Å²) in [5.74, 6) is -0.984. The Morgan fingerprint density at radius 3 is 2.77 bits per heavy atom. The third-order valence-electron chi connectivity index (χ3n) is 3.24. The van der Waals surface area contributed by atoms with Gasteiger partial charge in [-0.25, -0.2) is 18.7 Å². The first-order valence-electron chi connectivity index (χ1n) is 6.42. The van der Waals surface area contributed by atoms with Gasteiger partial charge in [-0.3, -0.25) is 0 Å². The predicted octanol–water partition coefficient (Wildman–Crippen LogP) is 3.39. The van der Waals surface area contributed by atoms with E-state index in [4.69, 9.17) is 4.74 Å². The molecule has 0 aliphatic rings. The van der Waals surface area contributed by atoms with Gasteiger partial charge in [-0.15, -0.1) is 0 Å². The molecule has 112 valence electrons. The molecule has 0 N–H and O–H groups in total.